The molecule has 0 saturated heterocycles. The first-order chi connectivity index (χ1) is 8.60. The van der Waals surface area contributed by atoms with Gasteiger partial charge in [0.05, 0.1) is 6.61 Å². The molecular formula is C13H24F3NO2. The monoisotopic (exact) mass is 283 g/mol. The lowest BCUT2D eigenvalue weighted by molar-refractivity contribution is -0.153. The molecule has 0 aliphatic carbocycles. The van der Waals surface area contributed by atoms with Crippen LogP contribution in [0.1, 0.15) is 47.0 Å². The predicted octanol–water partition coefficient (Wildman–Crippen LogP) is 3.29. The van der Waals surface area contributed by atoms with E-state index in [4.69, 9.17) is 4.74 Å². The van der Waals surface area contributed by atoms with E-state index >= 15 is 0 Å². The summed E-state index contributed by atoms with van der Waals surface area (Å²) in [5.41, 5.74) is -1.05. The average Bonchev–Trinajstić information content (AvgIpc) is 2.25. The fraction of sp³-hybridized carbons (Fsp3) is 0.923. The SMILES string of the molecule is CCOC(=O)C(C)(CCCC(F)(F)F)NCC(C)C. The summed E-state index contributed by atoms with van der Waals surface area (Å²) in [5, 5.41) is 3.02. The minimum atomic E-state index is -4.19. The molecule has 0 heterocycles. The Hall–Kier alpha value is -0.780. The minimum absolute atomic E-state index is 0.0933. The molecule has 0 aliphatic heterocycles. The van der Waals surface area contributed by atoms with Crippen molar-refractivity contribution in [3.8, 4) is 0 Å². The summed E-state index contributed by atoms with van der Waals surface area (Å²) in [7, 11) is 0. The molecule has 0 aromatic rings. The highest BCUT2D eigenvalue weighted by Crippen LogP contribution is 2.25. The normalized spacial score (nSPS) is 15.4. The van der Waals surface area contributed by atoms with Gasteiger partial charge in [-0.15, -0.1) is 0 Å². The van der Waals surface area contributed by atoms with Gasteiger partial charge in [-0.3, -0.25) is 4.79 Å². The van der Waals surface area contributed by atoms with Crippen LogP contribution >= 0.6 is 0 Å². The van der Waals surface area contributed by atoms with E-state index in [9.17, 15) is 18.0 Å². The fourth-order valence-corrected chi connectivity index (χ4v) is 1.62. The Morgan fingerprint density at radius 3 is 2.26 bits per heavy atom. The fourth-order valence-electron chi connectivity index (χ4n) is 1.62. The van der Waals surface area contributed by atoms with Gasteiger partial charge < -0.3 is 10.1 Å². The number of esters is 1. The maximum absolute atomic E-state index is 12.2. The molecule has 0 bridgehead atoms. The molecule has 0 aromatic heterocycles. The molecule has 3 nitrogen and oxygen atoms in total. The van der Waals surface area contributed by atoms with Crippen LogP contribution in [-0.2, 0) is 9.53 Å². The predicted molar refractivity (Wildman–Crippen MR) is 67.8 cm³/mol. The van der Waals surface area contributed by atoms with Crippen molar-refractivity contribution in [2.45, 2.75) is 58.7 Å². The third-order valence-electron chi connectivity index (χ3n) is 2.76. The molecule has 0 fully saturated rings. The second-order valence-corrected chi connectivity index (χ2v) is 5.30. The summed E-state index contributed by atoms with van der Waals surface area (Å²) in [6, 6.07) is 0. The molecule has 0 rings (SSSR count). The van der Waals surface area contributed by atoms with E-state index in [1.807, 2.05) is 13.8 Å². The largest absolute Gasteiger partial charge is 0.465 e. The Labute approximate surface area is 112 Å². The Morgan fingerprint density at radius 2 is 1.84 bits per heavy atom. The van der Waals surface area contributed by atoms with Gasteiger partial charge in [-0.2, -0.15) is 13.2 Å². The summed E-state index contributed by atoms with van der Waals surface area (Å²) in [6.07, 6.45) is -5.05. The smallest absolute Gasteiger partial charge is 0.389 e. The second kappa shape index (κ2) is 7.72. The van der Waals surface area contributed by atoms with Crippen molar-refractivity contribution in [1.82, 2.24) is 5.32 Å². The summed E-state index contributed by atoms with van der Waals surface area (Å²) in [5.74, 6) is -0.186. The van der Waals surface area contributed by atoms with Gasteiger partial charge >= 0.3 is 12.1 Å². The highest BCUT2D eigenvalue weighted by atomic mass is 19.4. The van der Waals surface area contributed by atoms with Crippen LogP contribution in [-0.4, -0.2) is 30.8 Å². The van der Waals surface area contributed by atoms with Crippen LogP contribution in [0.4, 0.5) is 13.2 Å². The Bertz CT molecular complexity index is 280. The van der Waals surface area contributed by atoms with Gasteiger partial charge in [-0.1, -0.05) is 13.8 Å². The molecule has 1 atom stereocenters. The molecule has 1 unspecified atom stereocenters. The number of alkyl halides is 3. The maximum atomic E-state index is 12.2. The number of hydrogen-bond acceptors (Lipinski definition) is 3. The first-order valence-electron chi connectivity index (χ1n) is 6.59. The van der Waals surface area contributed by atoms with Crippen LogP contribution in [0.2, 0.25) is 0 Å². The topological polar surface area (TPSA) is 38.3 Å². The summed E-state index contributed by atoms with van der Waals surface area (Å²) >= 11 is 0. The molecule has 0 aliphatic rings. The van der Waals surface area contributed by atoms with Gasteiger partial charge in [0.15, 0.2) is 0 Å². The van der Waals surface area contributed by atoms with Crippen LogP contribution in [0.3, 0.4) is 0 Å². The van der Waals surface area contributed by atoms with Crippen molar-refractivity contribution >= 4 is 5.97 Å². The van der Waals surface area contributed by atoms with Crippen LogP contribution in [0.15, 0.2) is 0 Å². The summed E-state index contributed by atoms with van der Waals surface area (Å²) in [4.78, 5) is 11.9. The number of carbonyl (C=O) groups is 1. The highest BCUT2D eigenvalue weighted by Gasteiger charge is 2.36. The van der Waals surface area contributed by atoms with Crippen LogP contribution in [0.25, 0.3) is 0 Å². The molecule has 6 heteroatoms. The van der Waals surface area contributed by atoms with Crippen molar-refractivity contribution in [1.29, 1.82) is 0 Å². The number of rotatable bonds is 8. The maximum Gasteiger partial charge on any atom is 0.389 e. The molecule has 1 N–H and O–H groups in total. The lowest BCUT2D eigenvalue weighted by atomic mass is 9.94. The molecule has 0 amide bonds. The molecule has 114 valence electrons. The molecule has 0 saturated carbocycles. The van der Waals surface area contributed by atoms with Gasteiger partial charge in [-0.05, 0) is 39.2 Å². The first kappa shape index (κ1) is 18.2. The van der Waals surface area contributed by atoms with Gasteiger partial charge in [0.2, 0.25) is 0 Å². The van der Waals surface area contributed by atoms with E-state index < -0.39 is 24.1 Å². The standard InChI is InChI=1S/C13H24F3NO2/c1-5-19-11(18)12(4,17-9-10(2)3)7-6-8-13(14,15)16/h10,17H,5-9H2,1-4H3. The number of halogens is 3. The second-order valence-electron chi connectivity index (χ2n) is 5.30. The van der Waals surface area contributed by atoms with E-state index in [0.29, 0.717) is 12.5 Å². The van der Waals surface area contributed by atoms with Gasteiger partial charge in [-0.25, -0.2) is 0 Å². The minimum Gasteiger partial charge on any atom is -0.465 e. The Morgan fingerprint density at radius 1 is 1.26 bits per heavy atom. The zero-order chi connectivity index (χ0) is 15.1. The summed E-state index contributed by atoms with van der Waals surface area (Å²) < 4.78 is 41.4. The van der Waals surface area contributed by atoms with Crippen molar-refractivity contribution in [2.75, 3.05) is 13.2 Å². The third kappa shape index (κ3) is 8.08. The quantitative estimate of drug-likeness (QED) is 0.695. The van der Waals surface area contributed by atoms with Gasteiger partial charge in [0.25, 0.3) is 0 Å². The van der Waals surface area contributed by atoms with Crippen LogP contribution in [0.5, 0.6) is 0 Å². The highest BCUT2D eigenvalue weighted by molar-refractivity contribution is 5.80. The van der Waals surface area contributed by atoms with Crippen molar-refractivity contribution in [3.05, 3.63) is 0 Å². The average molecular weight is 283 g/mol. The van der Waals surface area contributed by atoms with E-state index in [0.717, 1.165) is 0 Å². The zero-order valence-corrected chi connectivity index (χ0v) is 12.1. The third-order valence-corrected chi connectivity index (χ3v) is 2.76. The van der Waals surface area contributed by atoms with Crippen molar-refractivity contribution in [2.24, 2.45) is 5.92 Å². The molecule has 0 spiro atoms. The van der Waals surface area contributed by atoms with Crippen LogP contribution < -0.4 is 5.32 Å². The van der Waals surface area contributed by atoms with Crippen molar-refractivity contribution in [3.63, 3.8) is 0 Å². The van der Waals surface area contributed by atoms with Gasteiger partial charge in [0, 0.05) is 6.42 Å². The first-order valence-corrected chi connectivity index (χ1v) is 6.59. The van der Waals surface area contributed by atoms with Crippen LogP contribution in [0, 0.1) is 5.92 Å². The molecule has 0 aromatic carbocycles. The molecule has 0 radical (unpaired) electrons. The van der Waals surface area contributed by atoms with Gasteiger partial charge in [0.1, 0.15) is 5.54 Å². The van der Waals surface area contributed by atoms with E-state index in [1.165, 1.54) is 0 Å². The summed E-state index contributed by atoms with van der Waals surface area (Å²) in [6.45, 7) is 7.99. The van der Waals surface area contributed by atoms with Crippen molar-refractivity contribution < 1.29 is 22.7 Å². The molecule has 19 heavy (non-hydrogen) atoms. The Balaban J connectivity index is 4.52. The number of nitrogens with one attached hydrogen (secondary N) is 1. The Kier molecular flexibility index (Phi) is 7.41. The van der Waals surface area contributed by atoms with E-state index in [2.05, 4.69) is 5.32 Å². The van der Waals surface area contributed by atoms with E-state index in [-0.39, 0.29) is 19.4 Å². The number of carbonyl (C=O) groups excluding carboxylic acids is 1. The lowest BCUT2D eigenvalue weighted by Gasteiger charge is -2.29. The number of ether oxygens (including phenoxy) is 1. The zero-order valence-electron chi connectivity index (χ0n) is 12.1. The lowest BCUT2D eigenvalue weighted by Crippen LogP contribution is -2.51. The molecular weight excluding hydrogens is 259 g/mol. The number of hydrogen-bond donors (Lipinski definition) is 1. The van der Waals surface area contributed by atoms with E-state index in [1.54, 1.807) is 13.8 Å².